The van der Waals surface area contributed by atoms with E-state index in [1.807, 2.05) is 12.1 Å². The Labute approximate surface area is 156 Å². The van der Waals surface area contributed by atoms with Crippen LogP contribution in [0.2, 0.25) is 0 Å². The third kappa shape index (κ3) is 3.62. The maximum atomic E-state index is 9.63. The number of hydrogen-bond acceptors (Lipinski definition) is 1. The van der Waals surface area contributed by atoms with Gasteiger partial charge in [-0.25, -0.2) is 0 Å². The summed E-state index contributed by atoms with van der Waals surface area (Å²) in [6.45, 7) is 2.24. The first-order valence-electron chi connectivity index (χ1n) is 10.0. The number of phenols is 1. The zero-order valence-electron chi connectivity index (χ0n) is 15.6. The molecule has 0 radical (unpaired) electrons. The van der Waals surface area contributed by atoms with Crippen LogP contribution in [0, 0.1) is 0 Å². The molecule has 0 aliphatic heterocycles. The van der Waals surface area contributed by atoms with Crippen molar-refractivity contribution in [3.63, 3.8) is 0 Å². The highest BCUT2D eigenvalue weighted by atomic mass is 16.3. The molecular formula is C25H28O. The summed E-state index contributed by atoms with van der Waals surface area (Å²) in [5, 5.41) is 12.0. The Balaban J connectivity index is 1.43. The quantitative estimate of drug-likeness (QED) is 0.543. The second-order valence-corrected chi connectivity index (χ2v) is 7.83. The average Bonchev–Trinajstić information content (AvgIpc) is 2.69. The molecule has 1 fully saturated rings. The minimum Gasteiger partial charge on any atom is -0.508 e. The van der Waals surface area contributed by atoms with E-state index in [4.69, 9.17) is 0 Å². The van der Waals surface area contributed by atoms with E-state index in [-0.39, 0.29) is 0 Å². The van der Waals surface area contributed by atoms with Crippen molar-refractivity contribution in [2.24, 2.45) is 0 Å². The molecule has 0 saturated heterocycles. The van der Waals surface area contributed by atoms with Crippen molar-refractivity contribution in [1.29, 1.82) is 0 Å². The monoisotopic (exact) mass is 344 g/mol. The molecular weight excluding hydrogens is 316 g/mol. The highest BCUT2D eigenvalue weighted by molar-refractivity contribution is 5.84. The first-order chi connectivity index (χ1) is 12.7. The van der Waals surface area contributed by atoms with Gasteiger partial charge in [0.05, 0.1) is 0 Å². The lowest BCUT2D eigenvalue weighted by Gasteiger charge is -2.29. The molecule has 1 N–H and O–H groups in total. The lowest BCUT2D eigenvalue weighted by molar-refractivity contribution is 0.396. The summed E-state index contributed by atoms with van der Waals surface area (Å²) in [6, 6.07) is 21.7. The van der Waals surface area contributed by atoms with Gasteiger partial charge in [-0.1, -0.05) is 61.9 Å². The second kappa shape index (κ2) is 7.53. The Bertz CT molecular complexity index is 870. The predicted octanol–water partition coefficient (Wildman–Crippen LogP) is 6.94. The minimum absolute atomic E-state index is 0.343. The number of benzene rings is 3. The van der Waals surface area contributed by atoms with Gasteiger partial charge in [-0.3, -0.25) is 0 Å². The second-order valence-electron chi connectivity index (χ2n) is 7.83. The molecule has 3 aromatic rings. The maximum Gasteiger partial charge on any atom is 0.116 e. The lowest BCUT2D eigenvalue weighted by Crippen LogP contribution is -2.12. The van der Waals surface area contributed by atoms with Gasteiger partial charge in [0.2, 0.25) is 0 Å². The van der Waals surface area contributed by atoms with Gasteiger partial charge in [0.15, 0.2) is 0 Å². The molecule has 134 valence electrons. The third-order valence-corrected chi connectivity index (χ3v) is 6.04. The van der Waals surface area contributed by atoms with Crippen molar-refractivity contribution in [3.8, 4) is 5.75 Å². The fraction of sp³-hybridized carbons (Fsp3) is 0.360. The molecule has 1 nitrogen and oxygen atoms in total. The first-order valence-corrected chi connectivity index (χ1v) is 10.0. The zero-order chi connectivity index (χ0) is 17.9. The summed E-state index contributed by atoms with van der Waals surface area (Å²) in [4.78, 5) is 0. The Hall–Kier alpha value is -2.28. The van der Waals surface area contributed by atoms with Crippen molar-refractivity contribution in [3.05, 3.63) is 77.4 Å². The van der Waals surface area contributed by atoms with Gasteiger partial charge in [0, 0.05) is 0 Å². The average molecular weight is 344 g/mol. The van der Waals surface area contributed by atoms with Crippen LogP contribution in [-0.4, -0.2) is 5.11 Å². The lowest BCUT2D eigenvalue weighted by atomic mass is 9.76. The van der Waals surface area contributed by atoms with Crippen molar-refractivity contribution in [2.75, 3.05) is 0 Å². The molecule has 0 heterocycles. The summed E-state index contributed by atoms with van der Waals surface area (Å²) in [6.07, 6.45) is 7.51. The van der Waals surface area contributed by atoms with Crippen molar-refractivity contribution < 1.29 is 5.11 Å². The van der Waals surface area contributed by atoms with E-state index >= 15 is 0 Å². The number of aromatic hydroxyl groups is 1. The smallest absolute Gasteiger partial charge is 0.116 e. The molecule has 3 aromatic carbocycles. The fourth-order valence-electron chi connectivity index (χ4n) is 4.51. The van der Waals surface area contributed by atoms with Crippen LogP contribution in [0.25, 0.3) is 10.8 Å². The summed E-state index contributed by atoms with van der Waals surface area (Å²) in [5.74, 6) is 1.74. The largest absolute Gasteiger partial charge is 0.508 e. The van der Waals surface area contributed by atoms with Crippen molar-refractivity contribution >= 4 is 10.8 Å². The van der Waals surface area contributed by atoms with E-state index < -0.39 is 0 Å². The van der Waals surface area contributed by atoms with Crippen LogP contribution in [0.3, 0.4) is 0 Å². The highest BCUT2D eigenvalue weighted by Crippen LogP contribution is 2.41. The normalized spacial score (nSPS) is 20.3. The Kier molecular flexibility index (Phi) is 4.97. The number of fused-ring (bicyclic) bond motifs is 1. The number of aryl methyl sites for hydroxylation is 1. The van der Waals surface area contributed by atoms with E-state index in [1.165, 1.54) is 60.6 Å². The van der Waals surface area contributed by atoms with Gasteiger partial charge in [-0.05, 0) is 83.5 Å². The molecule has 0 amide bonds. The summed E-state index contributed by atoms with van der Waals surface area (Å²) in [5.41, 5.74) is 4.45. The van der Waals surface area contributed by atoms with Crippen LogP contribution in [-0.2, 0) is 6.42 Å². The summed E-state index contributed by atoms with van der Waals surface area (Å²) in [7, 11) is 0. The van der Waals surface area contributed by atoms with Crippen LogP contribution >= 0.6 is 0 Å². The fourth-order valence-corrected chi connectivity index (χ4v) is 4.51. The van der Waals surface area contributed by atoms with Crippen LogP contribution < -0.4 is 0 Å². The molecule has 0 atom stereocenters. The molecule has 1 aliphatic rings. The third-order valence-electron chi connectivity index (χ3n) is 6.04. The van der Waals surface area contributed by atoms with E-state index in [9.17, 15) is 5.11 Å². The van der Waals surface area contributed by atoms with E-state index in [0.29, 0.717) is 11.7 Å². The van der Waals surface area contributed by atoms with Gasteiger partial charge in [-0.2, -0.15) is 0 Å². The van der Waals surface area contributed by atoms with E-state index in [1.54, 1.807) is 6.07 Å². The summed E-state index contributed by atoms with van der Waals surface area (Å²) < 4.78 is 0. The molecule has 26 heavy (non-hydrogen) atoms. The first kappa shape index (κ1) is 17.1. The highest BCUT2D eigenvalue weighted by Gasteiger charge is 2.23. The van der Waals surface area contributed by atoms with Gasteiger partial charge >= 0.3 is 0 Å². The van der Waals surface area contributed by atoms with E-state index in [2.05, 4.69) is 49.4 Å². The minimum atomic E-state index is 0.343. The van der Waals surface area contributed by atoms with Crippen LogP contribution in [0.15, 0.2) is 60.7 Å². The number of hydrogen-bond donors (Lipinski definition) is 1. The molecule has 0 aromatic heterocycles. The van der Waals surface area contributed by atoms with E-state index in [0.717, 1.165) is 11.3 Å². The van der Waals surface area contributed by atoms with Gasteiger partial charge < -0.3 is 5.11 Å². The number of phenolic OH excluding ortho intramolecular Hbond substituents is 1. The molecule has 1 aliphatic carbocycles. The topological polar surface area (TPSA) is 20.2 Å². The number of rotatable bonds is 4. The van der Waals surface area contributed by atoms with Gasteiger partial charge in [-0.15, -0.1) is 0 Å². The molecule has 0 unspecified atom stereocenters. The van der Waals surface area contributed by atoms with Crippen molar-refractivity contribution in [1.82, 2.24) is 0 Å². The summed E-state index contributed by atoms with van der Waals surface area (Å²) >= 11 is 0. The van der Waals surface area contributed by atoms with Crippen LogP contribution in [0.4, 0.5) is 0 Å². The van der Waals surface area contributed by atoms with Crippen LogP contribution in [0.5, 0.6) is 5.75 Å². The Morgan fingerprint density at radius 2 is 1.31 bits per heavy atom. The van der Waals surface area contributed by atoms with Crippen LogP contribution in [0.1, 0.15) is 67.6 Å². The Morgan fingerprint density at radius 1 is 0.731 bits per heavy atom. The molecule has 1 heteroatoms. The Morgan fingerprint density at radius 3 is 2.00 bits per heavy atom. The molecule has 1 saturated carbocycles. The van der Waals surface area contributed by atoms with Gasteiger partial charge in [0.25, 0.3) is 0 Å². The molecule has 0 spiro atoms. The maximum absolute atomic E-state index is 9.63. The predicted molar refractivity (Wildman–Crippen MR) is 110 cm³/mol. The zero-order valence-corrected chi connectivity index (χ0v) is 15.6. The SMILES string of the molecule is CCCc1ccc(C2CCC(c3ccc4cc(O)ccc4c3)CC2)cc1. The molecule has 0 bridgehead atoms. The standard InChI is InChI=1S/C25H28O/c1-2-3-18-4-6-19(7-5-18)20-8-10-21(11-9-20)22-12-13-24-17-25(26)15-14-23(24)16-22/h4-7,12-17,20-21,26H,2-3,8-11H2,1H3. The van der Waals surface area contributed by atoms with Crippen molar-refractivity contribution in [2.45, 2.75) is 57.3 Å². The molecule has 4 rings (SSSR count). The van der Waals surface area contributed by atoms with Gasteiger partial charge in [0.1, 0.15) is 5.75 Å².